The summed E-state index contributed by atoms with van der Waals surface area (Å²) in [7, 11) is 1.87. The molecule has 1 fully saturated rings. The summed E-state index contributed by atoms with van der Waals surface area (Å²) in [6, 6.07) is 5.10. The average Bonchev–Trinajstić information content (AvgIpc) is 2.47. The number of piperidine rings is 1. The van der Waals surface area contributed by atoms with E-state index in [2.05, 4.69) is 5.32 Å². The van der Waals surface area contributed by atoms with Crippen LogP contribution in [0.25, 0.3) is 0 Å². The minimum atomic E-state index is -4.34. The summed E-state index contributed by atoms with van der Waals surface area (Å²) in [5.74, 6) is -0.0327. The van der Waals surface area contributed by atoms with Gasteiger partial charge in [-0.1, -0.05) is 12.1 Å². The highest BCUT2D eigenvalue weighted by Crippen LogP contribution is 2.29. The molecule has 1 saturated heterocycles. The molecule has 7 heteroatoms. The summed E-state index contributed by atoms with van der Waals surface area (Å²) in [4.78, 5) is 14.0. The van der Waals surface area contributed by atoms with Crippen molar-refractivity contribution in [3.63, 3.8) is 0 Å². The minimum absolute atomic E-state index is 0. The normalized spacial score (nSPS) is 18.7. The number of hydrogen-bond acceptors (Lipinski definition) is 2. The highest BCUT2D eigenvalue weighted by Gasteiger charge is 2.30. The summed E-state index contributed by atoms with van der Waals surface area (Å²) < 4.78 is 37.4. The van der Waals surface area contributed by atoms with E-state index in [1.165, 1.54) is 12.1 Å². The van der Waals surface area contributed by atoms with Gasteiger partial charge in [0.2, 0.25) is 5.91 Å². The Balaban J connectivity index is 0.00000242. The molecule has 124 valence electrons. The Labute approximate surface area is 134 Å². The average molecular weight is 337 g/mol. The third-order valence-electron chi connectivity index (χ3n) is 3.82. The van der Waals surface area contributed by atoms with E-state index in [4.69, 9.17) is 0 Å². The monoisotopic (exact) mass is 336 g/mol. The molecule has 0 bridgehead atoms. The van der Waals surface area contributed by atoms with Gasteiger partial charge >= 0.3 is 6.18 Å². The first-order valence-corrected chi connectivity index (χ1v) is 7.01. The molecule has 1 amide bonds. The molecular formula is C15H20ClF3N2O. The van der Waals surface area contributed by atoms with Gasteiger partial charge in [-0.25, -0.2) is 0 Å². The molecular weight excluding hydrogens is 317 g/mol. The second-order valence-electron chi connectivity index (χ2n) is 5.34. The quantitative estimate of drug-likeness (QED) is 0.920. The molecule has 1 aromatic carbocycles. The third kappa shape index (κ3) is 4.88. The lowest BCUT2D eigenvalue weighted by Gasteiger charge is -2.32. The number of benzene rings is 1. The van der Waals surface area contributed by atoms with Crippen LogP contribution < -0.4 is 5.32 Å². The van der Waals surface area contributed by atoms with E-state index in [-0.39, 0.29) is 24.7 Å². The number of alkyl halides is 3. The molecule has 1 heterocycles. The topological polar surface area (TPSA) is 32.3 Å². The van der Waals surface area contributed by atoms with Crippen molar-refractivity contribution in [2.45, 2.75) is 31.5 Å². The number of carbonyl (C=O) groups excluding carboxylic acids is 1. The molecule has 1 aliphatic rings. The molecule has 1 N–H and O–H groups in total. The van der Waals surface area contributed by atoms with Crippen molar-refractivity contribution in [1.82, 2.24) is 10.2 Å². The predicted molar refractivity (Wildman–Crippen MR) is 81.1 cm³/mol. The smallest absolute Gasteiger partial charge is 0.341 e. The van der Waals surface area contributed by atoms with Crippen molar-refractivity contribution >= 4 is 18.3 Å². The number of hydrogen-bond donors (Lipinski definition) is 1. The van der Waals surface area contributed by atoms with Gasteiger partial charge in [-0.3, -0.25) is 4.79 Å². The van der Waals surface area contributed by atoms with E-state index in [1.54, 1.807) is 4.90 Å². The van der Waals surface area contributed by atoms with E-state index < -0.39 is 11.7 Å². The first kappa shape index (κ1) is 18.8. The van der Waals surface area contributed by atoms with Crippen molar-refractivity contribution in [3.8, 4) is 0 Å². The molecule has 0 aromatic heterocycles. The molecule has 0 aliphatic carbocycles. The van der Waals surface area contributed by atoms with Crippen LogP contribution in [-0.2, 0) is 17.4 Å². The summed E-state index contributed by atoms with van der Waals surface area (Å²) in [6.45, 7) is 1.38. The summed E-state index contributed by atoms with van der Waals surface area (Å²) in [5.41, 5.74) is -0.0773. The van der Waals surface area contributed by atoms with Gasteiger partial charge < -0.3 is 10.2 Å². The second-order valence-corrected chi connectivity index (χ2v) is 5.34. The lowest BCUT2D eigenvalue weighted by atomic mass is 10.0. The van der Waals surface area contributed by atoms with Crippen LogP contribution in [0.4, 0.5) is 13.2 Å². The highest BCUT2D eigenvalue weighted by molar-refractivity contribution is 5.85. The zero-order valence-corrected chi connectivity index (χ0v) is 13.1. The van der Waals surface area contributed by atoms with Crippen molar-refractivity contribution in [3.05, 3.63) is 35.4 Å². The van der Waals surface area contributed by atoms with Gasteiger partial charge in [-0.2, -0.15) is 13.2 Å². The molecule has 0 radical (unpaired) electrons. The molecule has 1 atom stereocenters. The fraction of sp³-hybridized carbons (Fsp3) is 0.533. The Hall–Kier alpha value is -1.27. The maximum Gasteiger partial charge on any atom is 0.416 e. The van der Waals surface area contributed by atoms with Crippen LogP contribution in [0, 0.1) is 0 Å². The van der Waals surface area contributed by atoms with Gasteiger partial charge in [-0.05, 0) is 37.6 Å². The Morgan fingerprint density at radius 2 is 1.95 bits per heavy atom. The first-order valence-electron chi connectivity index (χ1n) is 7.01. The second kappa shape index (κ2) is 7.83. The van der Waals surface area contributed by atoms with Crippen LogP contribution in [0.2, 0.25) is 0 Å². The lowest BCUT2D eigenvalue weighted by Crippen LogP contribution is -2.47. The molecule has 22 heavy (non-hydrogen) atoms. The van der Waals surface area contributed by atoms with Crippen LogP contribution in [0.15, 0.2) is 24.3 Å². The van der Waals surface area contributed by atoms with E-state index in [1.807, 2.05) is 7.05 Å². The number of carbonyl (C=O) groups is 1. The van der Waals surface area contributed by atoms with Crippen LogP contribution in [0.3, 0.4) is 0 Å². The largest absolute Gasteiger partial charge is 0.416 e. The Bertz CT molecular complexity index is 491. The maximum atomic E-state index is 12.5. The summed E-state index contributed by atoms with van der Waals surface area (Å²) in [6.07, 6.45) is -2.20. The third-order valence-corrected chi connectivity index (χ3v) is 3.82. The van der Waals surface area contributed by atoms with Crippen molar-refractivity contribution in [1.29, 1.82) is 0 Å². The van der Waals surface area contributed by atoms with Crippen molar-refractivity contribution in [2.75, 3.05) is 20.1 Å². The zero-order valence-electron chi connectivity index (χ0n) is 12.3. The van der Waals surface area contributed by atoms with Crippen LogP contribution in [0.1, 0.15) is 24.0 Å². The van der Waals surface area contributed by atoms with E-state index >= 15 is 0 Å². The van der Waals surface area contributed by atoms with Crippen molar-refractivity contribution in [2.24, 2.45) is 0 Å². The number of halogens is 4. The van der Waals surface area contributed by atoms with E-state index in [0.717, 1.165) is 31.5 Å². The Kier molecular flexibility index (Phi) is 6.68. The maximum absolute atomic E-state index is 12.5. The van der Waals surface area contributed by atoms with Crippen LogP contribution in [-0.4, -0.2) is 37.0 Å². The Morgan fingerprint density at radius 3 is 2.50 bits per heavy atom. The highest BCUT2D eigenvalue weighted by atomic mass is 35.5. The van der Waals surface area contributed by atoms with E-state index in [9.17, 15) is 18.0 Å². The predicted octanol–water partition coefficient (Wildman–Crippen LogP) is 2.88. The van der Waals surface area contributed by atoms with Gasteiger partial charge in [-0.15, -0.1) is 12.4 Å². The van der Waals surface area contributed by atoms with Gasteiger partial charge in [0.1, 0.15) is 0 Å². The van der Waals surface area contributed by atoms with Gasteiger partial charge in [0.15, 0.2) is 0 Å². The number of nitrogens with one attached hydrogen (secondary N) is 1. The number of likely N-dealkylation sites (tertiary alicyclic amines) is 1. The van der Waals surface area contributed by atoms with Gasteiger partial charge in [0, 0.05) is 19.1 Å². The zero-order chi connectivity index (χ0) is 15.5. The fourth-order valence-electron chi connectivity index (χ4n) is 2.54. The summed E-state index contributed by atoms with van der Waals surface area (Å²) in [5, 5.41) is 3.16. The number of amides is 1. The van der Waals surface area contributed by atoms with Crippen LogP contribution in [0.5, 0.6) is 0 Å². The number of likely N-dealkylation sites (N-methyl/N-ethyl adjacent to an activating group) is 1. The van der Waals surface area contributed by atoms with Crippen LogP contribution >= 0.6 is 12.4 Å². The SMILES string of the molecule is CNC1CCCN(C(=O)Cc2ccc(C(F)(F)F)cc2)C1.Cl. The first-order chi connectivity index (χ1) is 9.90. The van der Waals surface area contributed by atoms with Gasteiger partial charge in [0.25, 0.3) is 0 Å². The van der Waals surface area contributed by atoms with Gasteiger partial charge in [0.05, 0.1) is 12.0 Å². The minimum Gasteiger partial charge on any atom is -0.341 e. The number of rotatable bonds is 3. The number of nitrogens with zero attached hydrogens (tertiary/aromatic N) is 1. The fourth-order valence-corrected chi connectivity index (χ4v) is 2.54. The molecule has 0 spiro atoms. The lowest BCUT2D eigenvalue weighted by molar-refractivity contribution is -0.137. The molecule has 1 unspecified atom stereocenters. The summed E-state index contributed by atoms with van der Waals surface area (Å²) >= 11 is 0. The molecule has 3 nitrogen and oxygen atoms in total. The van der Waals surface area contributed by atoms with Crippen molar-refractivity contribution < 1.29 is 18.0 Å². The molecule has 1 aliphatic heterocycles. The molecule has 2 rings (SSSR count). The van der Waals surface area contributed by atoms with E-state index in [0.29, 0.717) is 18.2 Å². The molecule has 1 aromatic rings. The Morgan fingerprint density at radius 1 is 1.32 bits per heavy atom. The molecule has 0 saturated carbocycles. The standard InChI is InChI=1S/C15H19F3N2O.ClH/c1-19-13-3-2-8-20(10-13)14(21)9-11-4-6-12(7-5-11)15(16,17)18;/h4-7,13,19H,2-3,8-10H2,1H3;1H.